The molecule has 8 nitrogen and oxygen atoms in total. The zero-order valence-electron chi connectivity index (χ0n) is 19.2. The molecule has 0 unspecified atom stereocenters. The summed E-state index contributed by atoms with van der Waals surface area (Å²) in [5, 5.41) is 12.4. The van der Waals surface area contributed by atoms with E-state index in [4.69, 9.17) is 0 Å². The van der Waals surface area contributed by atoms with Gasteiger partial charge in [0.25, 0.3) is 5.91 Å². The molecule has 1 amide bonds. The number of aromatic amines is 1. The number of aryl methyl sites for hydroxylation is 1. The van der Waals surface area contributed by atoms with Gasteiger partial charge in [0.2, 0.25) is 0 Å². The SMILES string of the molecule is Cc1cc(Nc2cc(N3CC(F)(C4CC4)C3)nc(Sc3ccc(C(=O)NCC(F)(F)F)cc3)n2)n[nH]1.[HH].[HH]. The van der Waals surface area contributed by atoms with Crippen molar-refractivity contribution in [1.82, 2.24) is 25.5 Å². The molecule has 0 spiro atoms. The van der Waals surface area contributed by atoms with Gasteiger partial charge in [0, 0.05) is 31.1 Å². The van der Waals surface area contributed by atoms with Gasteiger partial charge in [0.05, 0.1) is 13.1 Å². The number of H-pyrrole nitrogens is 1. The first-order chi connectivity index (χ1) is 17.1. The van der Waals surface area contributed by atoms with Gasteiger partial charge in [-0.3, -0.25) is 9.89 Å². The highest BCUT2D eigenvalue weighted by atomic mass is 32.2. The third kappa shape index (κ3) is 5.72. The van der Waals surface area contributed by atoms with Crippen LogP contribution in [0.3, 0.4) is 0 Å². The molecule has 1 saturated heterocycles. The Balaban J connectivity index is 0.00000200. The van der Waals surface area contributed by atoms with Crippen molar-refractivity contribution >= 4 is 35.1 Å². The summed E-state index contributed by atoms with van der Waals surface area (Å²) in [4.78, 5) is 23.6. The second-order valence-corrected chi connectivity index (χ2v) is 10.1. The number of amides is 1. The van der Waals surface area contributed by atoms with Crippen LogP contribution in [0.5, 0.6) is 0 Å². The molecule has 0 atom stereocenters. The summed E-state index contributed by atoms with van der Waals surface area (Å²) in [6, 6.07) is 9.65. The summed E-state index contributed by atoms with van der Waals surface area (Å²) >= 11 is 1.22. The van der Waals surface area contributed by atoms with Crippen molar-refractivity contribution in [2.45, 2.75) is 41.7 Å². The zero-order valence-corrected chi connectivity index (χ0v) is 20.0. The standard InChI is InChI=1S/C23H23F4N7OS.2H2/c1-13-8-18(33-32-13)29-17-9-19(34-11-22(24,12-34)15-4-5-15)31-21(30-17)36-16-6-2-14(3-7-16)20(35)28-10-23(25,26)27;;/h2-3,6-9,15H,4-5,10-12H2,1H3,(H,28,35)(H2,29,30,31,32,33);2*1H. The second-order valence-electron chi connectivity index (χ2n) is 9.04. The van der Waals surface area contributed by atoms with Gasteiger partial charge in [-0.1, -0.05) is 0 Å². The Morgan fingerprint density at radius 1 is 1.19 bits per heavy atom. The smallest absolute Gasteiger partial charge is 0.350 e. The van der Waals surface area contributed by atoms with E-state index in [9.17, 15) is 22.4 Å². The van der Waals surface area contributed by atoms with Crippen molar-refractivity contribution in [3.8, 4) is 0 Å². The number of benzene rings is 1. The van der Waals surface area contributed by atoms with Gasteiger partial charge < -0.3 is 15.5 Å². The highest BCUT2D eigenvalue weighted by Gasteiger charge is 2.54. The first-order valence-electron chi connectivity index (χ1n) is 11.3. The van der Waals surface area contributed by atoms with E-state index in [-0.39, 0.29) is 27.4 Å². The van der Waals surface area contributed by atoms with Gasteiger partial charge >= 0.3 is 6.18 Å². The highest BCUT2D eigenvalue weighted by molar-refractivity contribution is 7.99. The monoisotopic (exact) mass is 525 g/mol. The molecule has 2 aromatic heterocycles. The topological polar surface area (TPSA) is 98.8 Å². The van der Waals surface area contributed by atoms with Crippen molar-refractivity contribution in [1.29, 1.82) is 0 Å². The second kappa shape index (κ2) is 9.26. The number of aromatic nitrogens is 4. The van der Waals surface area contributed by atoms with E-state index in [1.54, 1.807) is 18.2 Å². The lowest BCUT2D eigenvalue weighted by Crippen LogP contribution is -2.60. The van der Waals surface area contributed by atoms with E-state index in [0.29, 0.717) is 27.5 Å². The molecule has 1 aromatic carbocycles. The van der Waals surface area contributed by atoms with Crippen LogP contribution in [0.4, 0.5) is 35.0 Å². The van der Waals surface area contributed by atoms with Gasteiger partial charge in [-0.05, 0) is 61.7 Å². The molecular formula is C23H27F4N7OS. The van der Waals surface area contributed by atoms with Crippen molar-refractivity contribution < 1.29 is 25.2 Å². The van der Waals surface area contributed by atoms with Gasteiger partial charge in [0.1, 0.15) is 23.8 Å². The van der Waals surface area contributed by atoms with Crippen molar-refractivity contribution in [2.75, 3.05) is 29.9 Å². The molecule has 1 saturated carbocycles. The van der Waals surface area contributed by atoms with Crippen LogP contribution in [-0.4, -0.2) is 57.6 Å². The quantitative estimate of drug-likeness (QED) is 0.277. The number of hydrogen-bond donors (Lipinski definition) is 3. The maximum absolute atomic E-state index is 14.9. The molecule has 1 aliphatic heterocycles. The van der Waals surface area contributed by atoms with E-state index in [2.05, 4.69) is 25.5 Å². The lowest BCUT2D eigenvalue weighted by molar-refractivity contribution is -0.123. The van der Waals surface area contributed by atoms with Crippen LogP contribution >= 0.6 is 11.8 Å². The fourth-order valence-electron chi connectivity index (χ4n) is 3.97. The van der Waals surface area contributed by atoms with E-state index < -0.39 is 24.3 Å². The molecule has 2 aliphatic rings. The van der Waals surface area contributed by atoms with Crippen molar-refractivity contribution in [2.24, 2.45) is 5.92 Å². The van der Waals surface area contributed by atoms with Crippen LogP contribution in [0.15, 0.2) is 46.5 Å². The average molecular weight is 526 g/mol. The summed E-state index contributed by atoms with van der Waals surface area (Å²) in [5.41, 5.74) is -0.196. The molecule has 13 heteroatoms. The summed E-state index contributed by atoms with van der Waals surface area (Å²) in [5.74, 6) is 0.954. The third-order valence-electron chi connectivity index (χ3n) is 5.97. The normalized spacial score (nSPS) is 17.0. The van der Waals surface area contributed by atoms with Crippen molar-refractivity contribution in [3.05, 3.63) is 47.7 Å². The predicted octanol–water partition coefficient (Wildman–Crippen LogP) is 5.13. The first-order valence-corrected chi connectivity index (χ1v) is 12.1. The molecule has 0 bridgehead atoms. The van der Waals surface area contributed by atoms with Crippen LogP contribution in [-0.2, 0) is 0 Å². The maximum Gasteiger partial charge on any atom is 0.405 e. The van der Waals surface area contributed by atoms with Crippen LogP contribution in [0, 0.1) is 12.8 Å². The summed E-state index contributed by atoms with van der Waals surface area (Å²) in [7, 11) is 0. The molecule has 3 N–H and O–H groups in total. The highest BCUT2D eigenvalue weighted by Crippen LogP contribution is 2.48. The van der Waals surface area contributed by atoms with Crippen LogP contribution in [0.1, 0.15) is 31.7 Å². The van der Waals surface area contributed by atoms with E-state index >= 15 is 0 Å². The van der Waals surface area contributed by atoms with Crippen LogP contribution in [0.2, 0.25) is 0 Å². The molecule has 36 heavy (non-hydrogen) atoms. The number of anilines is 3. The van der Waals surface area contributed by atoms with Crippen LogP contribution in [0.25, 0.3) is 0 Å². The lowest BCUT2D eigenvalue weighted by Gasteiger charge is -2.45. The molecule has 194 valence electrons. The predicted molar refractivity (Wildman–Crippen MR) is 131 cm³/mol. The molecule has 3 heterocycles. The minimum absolute atomic E-state index is 0. The number of nitrogens with one attached hydrogen (secondary N) is 3. The minimum Gasteiger partial charge on any atom is -0.350 e. The van der Waals surface area contributed by atoms with E-state index in [1.165, 1.54) is 23.9 Å². The Morgan fingerprint density at radius 2 is 1.92 bits per heavy atom. The Labute approximate surface area is 211 Å². The number of hydrogen-bond acceptors (Lipinski definition) is 7. The number of rotatable bonds is 8. The minimum atomic E-state index is -4.48. The average Bonchev–Trinajstić information content (AvgIpc) is 3.58. The summed E-state index contributed by atoms with van der Waals surface area (Å²) < 4.78 is 52.0. The summed E-state index contributed by atoms with van der Waals surface area (Å²) in [6.07, 6.45) is -2.64. The zero-order chi connectivity index (χ0) is 25.5. The van der Waals surface area contributed by atoms with Gasteiger partial charge in [0.15, 0.2) is 11.0 Å². The maximum atomic E-state index is 14.9. The number of halogens is 4. The van der Waals surface area contributed by atoms with Gasteiger partial charge in [-0.2, -0.15) is 18.3 Å². The van der Waals surface area contributed by atoms with Crippen LogP contribution < -0.4 is 15.5 Å². The molecular weight excluding hydrogens is 498 g/mol. The molecule has 0 radical (unpaired) electrons. The number of nitrogens with zero attached hydrogens (tertiary/aromatic N) is 4. The Morgan fingerprint density at radius 3 is 2.53 bits per heavy atom. The van der Waals surface area contributed by atoms with Gasteiger partial charge in [-0.25, -0.2) is 14.4 Å². The number of alkyl halides is 4. The molecule has 2 fully saturated rings. The molecule has 5 rings (SSSR count). The third-order valence-corrected chi connectivity index (χ3v) is 6.84. The number of carbonyl (C=O) groups is 1. The lowest BCUT2D eigenvalue weighted by atomic mass is 9.91. The fourth-order valence-corrected chi connectivity index (χ4v) is 4.74. The Kier molecular flexibility index (Phi) is 6.27. The van der Waals surface area contributed by atoms with Crippen molar-refractivity contribution in [3.63, 3.8) is 0 Å². The van der Waals surface area contributed by atoms with E-state index in [1.807, 2.05) is 23.2 Å². The molecule has 1 aliphatic carbocycles. The summed E-state index contributed by atoms with van der Waals surface area (Å²) in [6.45, 7) is 1.03. The largest absolute Gasteiger partial charge is 0.405 e. The first kappa shape index (κ1) is 24.3. The Hall–Kier alpha value is -3.35. The van der Waals surface area contributed by atoms with E-state index in [0.717, 1.165) is 18.5 Å². The fraction of sp³-hybridized carbons (Fsp3) is 0.391. The Bertz CT molecular complexity index is 1270. The van der Waals surface area contributed by atoms with Gasteiger partial charge in [-0.15, -0.1) is 0 Å². The molecule has 3 aromatic rings. The number of carbonyl (C=O) groups excluding carboxylic acids is 1.